The summed E-state index contributed by atoms with van der Waals surface area (Å²) in [5, 5.41) is 3.21. The summed E-state index contributed by atoms with van der Waals surface area (Å²) in [7, 11) is 1.86. The lowest BCUT2D eigenvalue weighted by Crippen LogP contribution is -2.16. The molecule has 0 radical (unpaired) electrons. The average molecular weight is 348 g/mol. The van der Waals surface area contributed by atoms with Gasteiger partial charge in [-0.1, -0.05) is 12.1 Å². The van der Waals surface area contributed by atoms with Crippen LogP contribution >= 0.6 is 27.3 Å². The number of alkyl halides is 2. The standard InChI is InChI=1S/C13H12BrF2NOS/c1-17-12(10-6-7-11(14)19-10)8-2-4-9(5-3-8)18-13(15)16/h2-7,12-13,17H,1H3. The van der Waals surface area contributed by atoms with E-state index in [9.17, 15) is 8.78 Å². The molecule has 1 aromatic carbocycles. The van der Waals surface area contributed by atoms with E-state index in [1.807, 2.05) is 19.2 Å². The van der Waals surface area contributed by atoms with Crippen LogP contribution in [0.15, 0.2) is 40.2 Å². The third-order valence-corrected chi connectivity index (χ3v) is 4.29. The smallest absolute Gasteiger partial charge is 0.387 e. The molecular weight excluding hydrogens is 336 g/mol. The lowest BCUT2D eigenvalue weighted by Gasteiger charge is -2.15. The van der Waals surface area contributed by atoms with Gasteiger partial charge in [-0.05, 0) is 52.8 Å². The third kappa shape index (κ3) is 3.75. The number of hydrogen-bond donors (Lipinski definition) is 1. The van der Waals surface area contributed by atoms with E-state index in [0.717, 1.165) is 14.2 Å². The molecule has 0 saturated heterocycles. The molecule has 2 nitrogen and oxygen atoms in total. The van der Waals surface area contributed by atoms with Crippen molar-refractivity contribution in [1.82, 2.24) is 5.32 Å². The van der Waals surface area contributed by atoms with E-state index in [-0.39, 0.29) is 11.8 Å². The zero-order valence-electron chi connectivity index (χ0n) is 10.1. The van der Waals surface area contributed by atoms with Gasteiger partial charge in [-0.15, -0.1) is 11.3 Å². The van der Waals surface area contributed by atoms with Crippen molar-refractivity contribution in [1.29, 1.82) is 0 Å². The van der Waals surface area contributed by atoms with Gasteiger partial charge in [-0.25, -0.2) is 0 Å². The highest BCUT2D eigenvalue weighted by molar-refractivity contribution is 9.11. The molecule has 0 aliphatic rings. The zero-order chi connectivity index (χ0) is 13.8. The van der Waals surface area contributed by atoms with Gasteiger partial charge in [0.25, 0.3) is 0 Å². The van der Waals surface area contributed by atoms with Crippen molar-refractivity contribution in [3.63, 3.8) is 0 Å². The molecule has 0 bridgehead atoms. The van der Waals surface area contributed by atoms with Crippen LogP contribution in [0, 0.1) is 0 Å². The number of hydrogen-bond acceptors (Lipinski definition) is 3. The minimum absolute atomic E-state index is 0.0388. The minimum atomic E-state index is -2.79. The number of nitrogens with one attached hydrogen (secondary N) is 1. The van der Waals surface area contributed by atoms with Gasteiger partial charge in [0.2, 0.25) is 0 Å². The molecule has 1 aromatic heterocycles. The molecule has 0 amide bonds. The van der Waals surface area contributed by atoms with Crippen molar-refractivity contribution < 1.29 is 13.5 Å². The SMILES string of the molecule is CNC(c1ccc(OC(F)F)cc1)c1ccc(Br)s1. The van der Waals surface area contributed by atoms with Gasteiger partial charge in [-0.3, -0.25) is 0 Å². The summed E-state index contributed by atoms with van der Waals surface area (Å²) < 4.78 is 29.5. The number of benzene rings is 1. The first-order valence-corrected chi connectivity index (χ1v) is 7.18. The van der Waals surface area contributed by atoms with Crippen molar-refractivity contribution in [2.45, 2.75) is 12.7 Å². The first-order valence-electron chi connectivity index (χ1n) is 5.57. The van der Waals surface area contributed by atoms with Crippen molar-refractivity contribution in [2.75, 3.05) is 7.05 Å². The monoisotopic (exact) mass is 347 g/mol. The summed E-state index contributed by atoms with van der Waals surface area (Å²) in [6, 6.07) is 10.7. The lowest BCUT2D eigenvalue weighted by molar-refractivity contribution is -0.0498. The van der Waals surface area contributed by atoms with Crippen LogP contribution < -0.4 is 10.1 Å². The first kappa shape index (κ1) is 14.4. The van der Waals surface area contributed by atoms with Crippen molar-refractivity contribution in [3.05, 3.63) is 50.6 Å². The van der Waals surface area contributed by atoms with Crippen LogP contribution in [0.5, 0.6) is 5.75 Å². The topological polar surface area (TPSA) is 21.3 Å². The van der Waals surface area contributed by atoms with Crippen molar-refractivity contribution in [2.24, 2.45) is 0 Å². The second-order valence-corrected chi connectivity index (χ2v) is 6.31. The maximum atomic E-state index is 12.1. The van der Waals surface area contributed by atoms with E-state index in [4.69, 9.17) is 0 Å². The van der Waals surface area contributed by atoms with Crippen LogP contribution in [0.3, 0.4) is 0 Å². The van der Waals surface area contributed by atoms with E-state index in [1.165, 1.54) is 0 Å². The van der Waals surface area contributed by atoms with Crippen molar-refractivity contribution in [3.8, 4) is 5.75 Å². The third-order valence-electron chi connectivity index (χ3n) is 2.61. The predicted molar refractivity (Wildman–Crippen MR) is 76.0 cm³/mol. The van der Waals surface area contributed by atoms with E-state index in [0.29, 0.717) is 0 Å². The second kappa shape index (κ2) is 6.45. The maximum absolute atomic E-state index is 12.1. The van der Waals surface area contributed by atoms with E-state index >= 15 is 0 Å². The molecule has 2 rings (SSSR count). The number of halogens is 3. The molecule has 0 aliphatic carbocycles. The molecule has 1 heterocycles. The minimum Gasteiger partial charge on any atom is -0.435 e. The maximum Gasteiger partial charge on any atom is 0.387 e. The van der Waals surface area contributed by atoms with Crippen LogP contribution in [-0.2, 0) is 0 Å². The Morgan fingerprint density at radius 2 is 1.84 bits per heavy atom. The lowest BCUT2D eigenvalue weighted by atomic mass is 10.1. The molecule has 0 aliphatic heterocycles. The molecule has 19 heavy (non-hydrogen) atoms. The molecule has 2 aromatic rings. The van der Waals surface area contributed by atoms with Crippen molar-refractivity contribution >= 4 is 27.3 Å². The Kier molecular flexibility index (Phi) is 4.90. The fraction of sp³-hybridized carbons (Fsp3) is 0.231. The van der Waals surface area contributed by atoms with E-state index in [1.54, 1.807) is 35.6 Å². The predicted octanol–water partition coefficient (Wildman–Crippen LogP) is 4.42. The summed E-state index contributed by atoms with van der Waals surface area (Å²) in [6.45, 7) is -2.79. The Hall–Kier alpha value is -0.980. The van der Waals surface area contributed by atoms with Crippen LogP contribution in [0.25, 0.3) is 0 Å². The molecule has 1 unspecified atom stereocenters. The summed E-state index contributed by atoms with van der Waals surface area (Å²) in [6.07, 6.45) is 0. The Bertz CT molecular complexity index is 530. The molecular formula is C13H12BrF2NOS. The molecule has 102 valence electrons. The van der Waals surface area contributed by atoms with E-state index < -0.39 is 6.61 Å². The second-order valence-electron chi connectivity index (χ2n) is 3.81. The van der Waals surface area contributed by atoms with Crippen LogP contribution in [0.4, 0.5) is 8.78 Å². The Labute approximate surface area is 122 Å². The van der Waals surface area contributed by atoms with E-state index in [2.05, 4.69) is 26.0 Å². The highest BCUT2D eigenvalue weighted by Gasteiger charge is 2.14. The van der Waals surface area contributed by atoms with Gasteiger partial charge in [0, 0.05) is 4.88 Å². The Morgan fingerprint density at radius 3 is 2.32 bits per heavy atom. The quantitative estimate of drug-likeness (QED) is 0.864. The number of ether oxygens (including phenoxy) is 1. The van der Waals surface area contributed by atoms with Gasteiger partial charge >= 0.3 is 6.61 Å². The number of thiophene rings is 1. The normalized spacial score (nSPS) is 12.7. The van der Waals surface area contributed by atoms with Gasteiger partial charge in [0.15, 0.2) is 0 Å². The summed E-state index contributed by atoms with van der Waals surface area (Å²) in [4.78, 5) is 1.15. The van der Waals surface area contributed by atoms with Gasteiger partial charge < -0.3 is 10.1 Å². The largest absolute Gasteiger partial charge is 0.435 e. The Morgan fingerprint density at radius 1 is 1.16 bits per heavy atom. The average Bonchev–Trinajstić information content (AvgIpc) is 2.78. The summed E-state index contributed by atoms with van der Waals surface area (Å²) in [5.74, 6) is 0.168. The molecule has 6 heteroatoms. The summed E-state index contributed by atoms with van der Waals surface area (Å²) >= 11 is 5.06. The van der Waals surface area contributed by atoms with Gasteiger partial charge in [0.05, 0.1) is 9.83 Å². The Balaban J connectivity index is 2.19. The zero-order valence-corrected chi connectivity index (χ0v) is 12.5. The fourth-order valence-electron chi connectivity index (χ4n) is 1.80. The van der Waals surface area contributed by atoms with Crippen LogP contribution in [-0.4, -0.2) is 13.7 Å². The fourth-order valence-corrected chi connectivity index (χ4v) is 3.36. The first-order chi connectivity index (χ1) is 9.10. The van der Waals surface area contributed by atoms with Crippen LogP contribution in [0.1, 0.15) is 16.5 Å². The highest BCUT2D eigenvalue weighted by Crippen LogP contribution is 2.31. The molecule has 1 atom stereocenters. The molecule has 0 saturated carbocycles. The molecule has 1 N–H and O–H groups in total. The van der Waals surface area contributed by atoms with Gasteiger partial charge in [-0.2, -0.15) is 8.78 Å². The van der Waals surface area contributed by atoms with Gasteiger partial charge in [0.1, 0.15) is 5.75 Å². The molecule has 0 fully saturated rings. The number of rotatable bonds is 5. The molecule has 0 spiro atoms. The van der Waals surface area contributed by atoms with Crippen LogP contribution in [0.2, 0.25) is 0 Å². The summed E-state index contributed by atoms with van der Waals surface area (Å²) in [5.41, 5.74) is 0.999. The highest BCUT2D eigenvalue weighted by atomic mass is 79.9.